The van der Waals surface area contributed by atoms with E-state index < -0.39 is 0 Å². The normalized spacial score (nSPS) is 17.4. The lowest BCUT2D eigenvalue weighted by Gasteiger charge is -2.28. The Labute approximate surface area is 111 Å². The number of hydrogen-bond acceptors (Lipinski definition) is 3. The summed E-state index contributed by atoms with van der Waals surface area (Å²) in [5.41, 5.74) is 2.47. The molecule has 3 rings (SSSR count). The maximum atomic E-state index is 9.89. The quantitative estimate of drug-likeness (QED) is 0.838. The Morgan fingerprint density at radius 3 is 2.83 bits per heavy atom. The van der Waals surface area contributed by atoms with Gasteiger partial charge in [0.25, 0.3) is 0 Å². The first kappa shape index (κ1) is 11.7. The number of aryl methyl sites for hydroxylation is 1. The van der Waals surface area contributed by atoms with Crippen LogP contribution in [0, 0.1) is 5.41 Å². The van der Waals surface area contributed by atoms with E-state index >= 15 is 0 Å². The Bertz CT molecular complexity index is 586. The Kier molecular flexibility index (Phi) is 2.67. The molecule has 2 aromatic rings. The summed E-state index contributed by atoms with van der Waals surface area (Å²) >= 11 is 1.73. The van der Waals surface area contributed by atoms with Gasteiger partial charge in [0.2, 0.25) is 0 Å². The molecule has 1 aromatic carbocycles. The standard InChI is InChI=1S/C15H17NOS/c1-15(2)8-7-11-13(9-15)18-14(16-11)10-5-3-4-6-12(10)17/h3-6,17H,7-9H2,1-2H3. The lowest BCUT2D eigenvalue weighted by atomic mass is 9.79. The van der Waals surface area contributed by atoms with Gasteiger partial charge in [-0.1, -0.05) is 26.0 Å². The van der Waals surface area contributed by atoms with Crippen LogP contribution in [0.4, 0.5) is 0 Å². The molecule has 18 heavy (non-hydrogen) atoms. The van der Waals surface area contributed by atoms with E-state index in [2.05, 4.69) is 13.8 Å². The molecule has 1 aliphatic carbocycles. The molecule has 1 aliphatic rings. The highest BCUT2D eigenvalue weighted by Gasteiger charge is 2.28. The lowest BCUT2D eigenvalue weighted by molar-refractivity contribution is 0.316. The summed E-state index contributed by atoms with van der Waals surface area (Å²) in [6.07, 6.45) is 3.37. The van der Waals surface area contributed by atoms with Gasteiger partial charge in [-0.05, 0) is 36.8 Å². The van der Waals surface area contributed by atoms with E-state index in [1.54, 1.807) is 17.4 Å². The van der Waals surface area contributed by atoms with Crippen LogP contribution < -0.4 is 0 Å². The molecule has 1 heterocycles. The molecule has 94 valence electrons. The van der Waals surface area contributed by atoms with Crippen molar-refractivity contribution < 1.29 is 5.11 Å². The van der Waals surface area contributed by atoms with Gasteiger partial charge in [-0.15, -0.1) is 11.3 Å². The second-order valence-corrected chi connectivity index (χ2v) is 6.83. The van der Waals surface area contributed by atoms with Crippen LogP contribution in [0.25, 0.3) is 10.6 Å². The van der Waals surface area contributed by atoms with E-state index in [0.717, 1.165) is 23.4 Å². The van der Waals surface area contributed by atoms with Crippen LogP contribution in [-0.4, -0.2) is 10.1 Å². The summed E-state index contributed by atoms with van der Waals surface area (Å²) in [4.78, 5) is 6.10. The number of para-hydroxylation sites is 1. The molecule has 0 aliphatic heterocycles. The minimum absolute atomic E-state index is 0.322. The van der Waals surface area contributed by atoms with Gasteiger partial charge in [-0.25, -0.2) is 4.98 Å². The van der Waals surface area contributed by atoms with Crippen LogP contribution in [0.15, 0.2) is 24.3 Å². The van der Waals surface area contributed by atoms with Crippen LogP contribution >= 0.6 is 11.3 Å². The second-order valence-electron chi connectivity index (χ2n) is 5.75. The van der Waals surface area contributed by atoms with Crippen LogP contribution in [-0.2, 0) is 12.8 Å². The highest BCUT2D eigenvalue weighted by molar-refractivity contribution is 7.15. The highest BCUT2D eigenvalue weighted by atomic mass is 32.1. The topological polar surface area (TPSA) is 33.1 Å². The van der Waals surface area contributed by atoms with E-state index in [1.165, 1.54) is 17.0 Å². The number of fused-ring (bicyclic) bond motifs is 1. The van der Waals surface area contributed by atoms with Crippen molar-refractivity contribution >= 4 is 11.3 Å². The summed E-state index contributed by atoms with van der Waals surface area (Å²) in [6, 6.07) is 7.44. The minimum atomic E-state index is 0.322. The van der Waals surface area contributed by atoms with Crippen molar-refractivity contribution in [2.75, 3.05) is 0 Å². The molecule has 0 amide bonds. The molecule has 0 unspecified atom stereocenters. The fourth-order valence-corrected chi connectivity index (χ4v) is 3.87. The number of phenolic OH excluding ortho intramolecular Hbond substituents is 1. The molecule has 0 fully saturated rings. The third kappa shape index (κ3) is 2.03. The first-order chi connectivity index (χ1) is 8.55. The molecular formula is C15H17NOS. The zero-order chi connectivity index (χ0) is 12.8. The van der Waals surface area contributed by atoms with Gasteiger partial charge >= 0.3 is 0 Å². The van der Waals surface area contributed by atoms with Gasteiger partial charge in [0.15, 0.2) is 0 Å². The highest BCUT2D eigenvalue weighted by Crippen LogP contribution is 2.41. The molecule has 0 spiro atoms. The van der Waals surface area contributed by atoms with Crippen molar-refractivity contribution in [3.63, 3.8) is 0 Å². The van der Waals surface area contributed by atoms with Crippen molar-refractivity contribution in [3.05, 3.63) is 34.8 Å². The van der Waals surface area contributed by atoms with Gasteiger partial charge < -0.3 is 5.11 Å². The molecule has 0 radical (unpaired) electrons. The monoisotopic (exact) mass is 259 g/mol. The number of hydrogen-bond donors (Lipinski definition) is 1. The van der Waals surface area contributed by atoms with Crippen molar-refractivity contribution in [1.82, 2.24) is 4.98 Å². The SMILES string of the molecule is CC1(C)CCc2nc(-c3ccccc3O)sc2C1. The summed E-state index contributed by atoms with van der Waals surface area (Å²) in [7, 11) is 0. The fraction of sp³-hybridized carbons (Fsp3) is 0.400. The number of aromatic hydroxyl groups is 1. The summed E-state index contributed by atoms with van der Waals surface area (Å²) in [6.45, 7) is 4.63. The van der Waals surface area contributed by atoms with Crippen LogP contribution in [0.2, 0.25) is 0 Å². The first-order valence-electron chi connectivity index (χ1n) is 6.32. The van der Waals surface area contributed by atoms with E-state index in [4.69, 9.17) is 4.98 Å². The van der Waals surface area contributed by atoms with Crippen molar-refractivity contribution in [1.29, 1.82) is 0 Å². The van der Waals surface area contributed by atoms with Crippen LogP contribution in [0.5, 0.6) is 5.75 Å². The zero-order valence-corrected chi connectivity index (χ0v) is 11.5. The van der Waals surface area contributed by atoms with E-state index in [1.807, 2.05) is 18.2 Å². The molecule has 0 saturated carbocycles. The number of benzene rings is 1. The molecule has 2 nitrogen and oxygen atoms in total. The largest absolute Gasteiger partial charge is 0.507 e. The molecule has 0 atom stereocenters. The summed E-state index contributed by atoms with van der Waals surface area (Å²) in [5, 5.41) is 10.8. The molecule has 3 heteroatoms. The molecule has 1 N–H and O–H groups in total. The Morgan fingerprint density at radius 2 is 2.06 bits per heavy atom. The minimum Gasteiger partial charge on any atom is -0.507 e. The predicted octanol–water partition coefficient (Wildman–Crippen LogP) is 4.03. The average molecular weight is 259 g/mol. The first-order valence-corrected chi connectivity index (χ1v) is 7.14. The number of aromatic nitrogens is 1. The maximum Gasteiger partial charge on any atom is 0.127 e. The van der Waals surface area contributed by atoms with Gasteiger partial charge in [0.05, 0.1) is 11.3 Å². The molecular weight excluding hydrogens is 242 g/mol. The third-order valence-corrected chi connectivity index (χ3v) is 4.72. The third-order valence-electron chi connectivity index (χ3n) is 3.59. The fourth-order valence-electron chi connectivity index (χ4n) is 2.47. The van der Waals surface area contributed by atoms with Gasteiger partial charge in [-0.2, -0.15) is 0 Å². The number of thiazole rings is 1. The molecule has 1 aromatic heterocycles. The van der Waals surface area contributed by atoms with Gasteiger partial charge in [-0.3, -0.25) is 0 Å². The lowest BCUT2D eigenvalue weighted by Crippen LogP contribution is -2.20. The van der Waals surface area contributed by atoms with E-state index in [0.29, 0.717) is 11.2 Å². The van der Waals surface area contributed by atoms with Gasteiger partial charge in [0.1, 0.15) is 10.8 Å². The molecule has 0 saturated heterocycles. The Morgan fingerprint density at radius 1 is 1.28 bits per heavy atom. The zero-order valence-electron chi connectivity index (χ0n) is 10.7. The number of rotatable bonds is 1. The Hall–Kier alpha value is -1.35. The summed E-state index contributed by atoms with van der Waals surface area (Å²) in [5.74, 6) is 0.322. The van der Waals surface area contributed by atoms with Crippen molar-refractivity contribution in [3.8, 4) is 16.3 Å². The maximum absolute atomic E-state index is 9.89. The Balaban J connectivity index is 2.02. The molecule has 0 bridgehead atoms. The number of nitrogens with zero attached hydrogens (tertiary/aromatic N) is 1. The smallest absolute Gasteiger partial charge is 0.127 e. The van der Waals surface area contributed by atoms with Crippen LogP contribution in [0.1, 0.15) is 30.8 Å². The van der Waals surface area contributed by atoms with Crippen molar-refractivity contribution in [2.24, 2.45) is 5.41 Å². The number of phenols is 1. The van der Waals surface area contributed by atoms with E-state index in [-0.39, 0.29) is 0 Å². The predicted molar refractivity (Wildman–Crippen MR) is 75.0 cm³/mol. The van der Waals surface area contributed by atoms with Crippen molar-refractivity contribution in [2.45, 2.75) is 33.1 Å². The van der Waals surface area contributed by atoms with Crippen LogP contribution in [0.3, 0.4) is 0 Å². The summed E-state index contributed by atoms with van der Waals surface area (Å²) < 4.78 is 0. The average Bonchev–Trinajstić information content (AvgIpc) is 2.70. The van der Waals surface area contributed by atoms with E-state index in [9.17, 15) is 5.11 Å². The van der Waals surface area contributed by atoms with Gasteiger partial charge in [0, 0.05) is 4.88 Å². The second kappa shape index (κ2) is 4.09.